The second-order valence-corrected chi connectivity index (χ2v) is 5.78. The van der Waals surface area contributed by atoms with E-state index >= 15 is 0 Å². The smallest absolute Gasteiger partial charge is 0.254 e. The van der Waals surface area contributed by atoms with Crippen LogP contribution in [0.5, 0.6) is 11.5 Å². The van der Waals surface area contributed by atoms with Crippen LogP contribution in [0.4, 0.5) is 0 Å². The second kappa shape index (κ2) is 7.70. The number of likely N-dealkylation sites (tertiary alicyclic amines) is 1. The summed E-state index contributed by atoms with van der Waals surface area (Å²) in [6.07, 6.45) is 2.80. The lowest BCUT2D eigenvalue weighted by atomic mass is 10.1. The van der Waals surface area contributed by atoms with Crippen molar-refractivity contribution in [3.05, 3.63) is 22.7 Å². The topological polar surface area (TPSA) is 64.8 Å². The number of halogens is 1. The monoisotopic (exact) mass is 326 g/mol. The van der Waals surface area contributed by atoms with Gasteiger partial charge in [-0.1, -0.05) is 18.5 Å². The highest BCUT2D eigenvalue weighted by Gasteiger charge is 2.29. The van der Waals surface area contributed by atoms with Crippen molar-refractivity contribution in [2.24, 2.45) is 5.73 Å². The van der Waals surface area contributed by atoms with Crippen LogP contribution < -0.4 is 15.2 Å². The average molecular weight is 327 g/mol. The van der Waals surface area contributed by atoms with E-state index in [0.717, 1.165) is 25.8 Å². The summed E-state index contributed by atoms with van der Waals surface area (Å²) in [6.45, 7) is 3.77. The average Bonchev–Trinajstić information content (AvgIpc) is 3.00. The lowest BCUT2D eigenvalue weighted by Gasteiger charge is -2.24. The Morgan fingerprint density at radius 1 is 1.50 bits per heavy atom. The maximum Gasteiger partial charge on any atom is 0.254 e. The van der Waals surface area contributed by atoms with E-state index in [2.05, 4.69) is 0 Å². The summed E-state index contributed by atoms with van der Waals surface area (Å²) in [5.74, 6) is 0.905. The molecule has 0 unspecified atom stereocenters. The maximum atomic E-state index is 12.7. The molecule has 1 saturated heterocycles. The van der Waals surface area contributed by atoms with Crippen LogP contribution >= 0.6 is 11.6 Å². The third kappa shape index (κ3) is 3.47. The molecule has 0 saturated carbocycles. The minimum atomic E-state index is -0.0600. The number of hydrogen-bond donors (Lipinski definition) is 1. The molecular weight excluding hydrogens is 304 g/mol. The normalized spacial score (nSPS) is 17.6. The van der Waals surface area contributed by atoms with Crippen LogP contribution in [0.2, 0.25) is 5.02 Å². The van der Waals surface area contributed by atoms with E-state index < -0.39 is 0 Å². The Kier molecular flexibility index (Phi) is 5.91. The van der Waals surface area contributed by atoms with Crippen molar-refractivity contribution < 1.29 is 14.3 Å². The van der Waals surface area contributed by atoms with E-state index in [4.69, 9.17) is 26.8 Å². The Bertz CT molecular complexity index is 536. The number of benzene rings is 1. The van der Waals surface area contributed by atoms with E-state index in [1.807, 2.05) is 11.8 Å². The zero-order valence-electron chi connectivity index (χ0n) is 13.1. The van der Waals surface area contributed by atoms with Gasteiger partial charge in [0.2, 0.25) is 0 Å². The Labute approximate surface area is 136 Å². The molecule has 6 heteroatoms. The Morgan fingerprint density at radius 2 is 2.27 bits per heavy atom. The first kappa shape index (κ1) is 16.9. The first-order valence-corrected chi connectivity index (χ1v) is 8.01. The van der Waals surface area contributed by atoms with Crippen molar-refractivity contribution in [2.45, 2.75) is 32.2 Å². The molecule has 2 N–H and O–H groups in total. The molecule has 1 fully saturated rings. The van der Waals surface area contributed by atoms with Gasteiger partial charge in [0.25, 0.3) is 5.91 Å². The van der Waals surface area contributed by atoms with Crippen molar-refractivity contribution in [1.29, 1.82) is 0 Å². The van der Waals surface area contributed by atoms with Crippen LogP contribution in [0.25, 0.3) is 0 Å². The lowest BCUT2D eigenvalue weighted by Crippen LogP contribution is -2.39. The van der Waals surface area contributed by atoms with E-state index in [1.54, 1.807) is 12.1 Å². The Morgan fingerprint density at radius 3 is 2.91 bits per heavy atom. The van der Waals surface area contributed by atoms with E-state index in [0.29, 0.717) is 35.2 Å². The van der Waals surface area contributed by atoms with Gasteiger partial charge in [-0.15, -0.1) is 0 Å². The fourth-order valence-corrected chi connectivity index (χ4v) is 2.97. The SMILES string of the molecule is CCCOc1c(Cl)cc(C(=O)N2CCC[C@@H]2CN)cc1OC. The van der Waals surface area contributed by atoms with Crippen molar-refractivity contribution in [3.63, 3.8) is 0 Å². The number of hydrogen-bond acceptors (Lipinski definition) is 4. The number of carbonyl (C=O) groups is 1. The third-order valence-corrected chi connectivity index (χ3v) is 4.12. The molecule has 0 spiro atoms. The molecule has 1 aliphatic rings. The summed E-state index contributed by atoms with van der Waals surface area (Å²) in [6, 6.07) is 3.43. The van der Waals surface area contributed by atoms with E-state index in [-0.39, 0.29) is 11.9 Å². The predicted molar refractivity (Wildman–Crippen MR) is 86.9 cm³/mol. The van der Waals surface area contributed by atoms with Crippen LogP contribution in [0.3, 0.4) is 0 Å². The third-order valence-electron chi connectivity index (χ3n) is 3.84. The molecule has 22 heavy (non-hydrogen) atoms. The summed E-state index contributed by atoms with van der Waals surface area (Å²) < 4.78 is 10.9. The van der Waals surface area contributed by atoms with Gasteiger partial charge in [0.1, 0.15) is 0 Å². The molecule has 1 aromatic carbocycles. The molecule has 1 amide bonds. The van der Waals surface area contributed by atoms with Crippen LogP contribution in [0, 0.1) is 0 Å². The first-order valence-electron chi connectivity index (χ1n) is 7.63. The van der Waals surface area contributed by atoms with Gasteiger partial charge in [0.15, 0.2) is 11.5 Å². The summed E-state index contributed by atoms with van der Waals surface area (Å²) in [4.78, 5) is 14.5. The van der Waals surface area contributed by atoms with Crippen molar-refractivity contribution in [3.8, 4) is 11.5 Å². The molecule has 0 aromatic heterocycles. The molecule has 1 heterocycles. The molecule has 0 aliphatic carbocycles. The van der Waals surface area contributed by atoms with Gasteiger partial charge in [0.05, 0.1) is 18.7 Å². The van der Waals surface area contributed by atoms with Crippen molar-refractivity contribution in [1.82, 2.24) is 4.90 Å². The lowest BCUT2D eigenvalue weighted by molar-refractivity contribution is 0.0740. The Hall–Kier alpha value is -1.46. The standard InChI is InChI=1S/C16H23ClN2O3/c1-3-7-22-15-13(17)8-11(9-14(15)21-2)16(20)19-6-4-5-12(19)10-18/h8-9,12H,3-7,10,18H2,1-2H3/t12-/m1/s1. The molecule has 1 aliphatic heterocycles. The quantitative estimate of drug-likeness (QED) is 0.873. The second-order valence-electron chi connectivity index (χ2n) is 5.37. The summed E-state index contributed by atoms with van der Waals surface area (Å²) in [5.41, 5.74) is 6.25. The molecular formula is C16H23ClN2O3. The zero-order chi connectivity index (χ0) is 16.1. The minimum Gasteiger partial charge on any atom is -0.493 e. The fourth-order valence-electron chi connectivity index (χ4n) is 2.70. The van der Waals surface area contributed by atoms with Gasteiger partial charge >= 0.3 is 0 Å². The van der Waals surface area contributed by atoms with E-state index in [9.17, 15) is 4.79 Å². The number of carbonyl (C=O) groups excluding carboxylic acids is 1. The summed E-state index contributed by atoms with van der Waals surface area (Å²) in [7, 11) is 1.54. The van der Waals surface area contributed by atoms with Gasteiger partial charge in [-0.25, -0.2) is 0 Å². The van der Waals surface area contributed by atoms with Crippen LogP contribution in [0.1, 0.15) is 36.5 Å². The summed E-state index contributed by atoms with van der Waals surface area (Å²) in [5, 5.41) is 0.389. The number of rotatable bonds is 6. The van der Waals surface area contributed by atoms with Gasteiger partial charge in [-0.2, -0.15) is 0 Å². The number of nitrogens with zero attached hydrogens (tertiary/aromatic N) is 1. The maximum absolute atomic E-state index is 12.7. The largest absolute Gasteiger partial charge is 0.493 e. The molecule has 0 radical (unpaired) electrons. The molecule has 5 nitrogen and oxygen atoms in total. The first-order chi connectivity index (χ1) is 10.6. The van der Waals surface area contributed by atoms with Gasteiger partial charge in [-0.05, 0) is 31.4 Å². The van der Waals surface area contributed by atoms with Crippen LogP contribution in [0.15, 0.2) is 12.1 Å². The number of amides is 1. The van der Waals surface area contributed by atoms with Crippen molar-refractivity contribution in [2.75, 3.05) is 26.8 Å². The highest BCUT2D eigenvalue weighted by Crippen LogP contribution is 2.37. The minimum absolute atomic E-state index is 0.0600. The predicted octanol–water partition coefficient (Wildman–Crippen LogP) is 2.70. The molecule has 0 bridgehead atoms. The van der Waals surface area contributed by atoms with E-state index in [1.165, 1.54) is 7.11 Å². The number of nitrogens with two attached hydrogens (primary N) is 1. The number of methoxy groups -OCH3 is 1. The fraction of sp³-hybridized carbons (Fsp3) is 0.562. The number of ether oxygens (including phenoxy) is 2. The van der Waals surface area contributed by atoms with Gasteiger partial charge < -0.3 is 20.1 Å². The highest BCUT2D eigenvalue weighted by atomic mass is 35.5. The molecule has 2 rings (SSSR count). The molecule has 1 atom stereocenters. The van der Waals surface area contributed by atoms with Crippen LogP contribution in [-0.2, 0) is 0 Å². The highest BCUT2D eigenvalue weighted by molar-refractivity contribution is 6.32. The van der Waals surface area contributed by atoms with Crippen LogP contribution in [-0.4, -0.2) is 43.7 Å². The Balaban J connectivity index is 2.28. The van der Waals surface area contributed by atoms with Gasteiger partial charge in [0, 0.05) is 24.7 Å². The molecule has 122 valence electrons. The summed E-state index contributed by atoms with van der Waals surface area (Å²) >= 11 is 6.27. The van der Waals surface area contributed by atoms with Crippen molar-refractivity contribution >= 4 is 17.5 Å². The van der Waals surface area contributed by atoms with Gasteiger partial charge in [-0.3, -0.25) is 4.79 Å². The zero-order valence-corrected chi connectivity index (χ0v) is 13.9. The molecule has 1 aromatic rings.